The number of rotatable bonds is 6. The van der Waals surface area contributed by atoms with Crippen molar-refractivity contribution in [3.05, 3.63) is 22.2 Å². The van der Waals surface area contributed by atoms with Gasteiger partial charge in [-0.3, -0.25) is 4.99 Å². The molecule has 0 fully saturated rings. The molecule has 0 saturated carbocycles. The van der Waals surface area contributed by atoms with Crippen molar-refractivity contribution in [2.75, 3.05) is 6.54 Å². The van der Waals surface area contributed by atoms with E-state index in [-0.39, 0.29) is 0 Å². The maximum Gasteiger partial charge on any atom is 0.132 e. The average molecular weight is 285 g/mol. The van der Waals surface area contributed by atoms with Crippen LogP contribution in [0, 0.1) is 0 Å². The van der Waals surface area contributed by atoms with Crippen LogP contribution < -0.4 is 0 Å². The molecule has 16 heavy (non-hydrogen) atoms. The van der Waals surface area contributed by atoms with Crippen LogP contribution in [0.4, 0.5) is 0 Å². The van der Waals surface area contributed by atoms with Crippen molar-refractivity contribution in [3.63, 3.8) is 0 Å². The molecule has 4 nitrogen and oxygen atoms in total. The summed E-state index contributed by atoms with van der Waals surface area (Å²) in [4.78, 5) is 7.28. The van der Waals surface area contributed by atoms with Crippen molar-refractivity contribution in [2.24, 2.45) is 4.99 Å². The summed E-state index contributed by atoms with van der Waals surface area (Å²) in [5, 5.41) is 7.61. The van der Waals surface area contributed by atoms with Gasteiger partial charge < -0.3 is 4.98 Å². The monoisotopic (exact) mass is 284 g/mol. The largest absolute Gasteiger partial charge is 0.331 e. The zero-order valence-corrected chi connectivity index (χ0v) is 11.3. The Labute approximate surface area is 104 Å². The molecule has 0 atom stereocenters. The highest BCUT2D eigenvalue weighted by Gasteiger charge is 1.95. The van der Waals surface area contributed by atoms with Gasteiger partial charge in [-0.2, -0.15) is 0 Å². The lowest BCUT2D eigenvalue weighted by Crippen LogP contribution is -1.93. The summed E-state index contributed by atoms with van der Waals surface area (Å²) in [6, 6.07) is 0. The number of aromatic amines is 1. The number of allylic oxidation sites excluding steroid dienone is 2. The van der Waals surface area contributed by atoms with E-state index in [9.17, 15) is 0 Å². The van der Waals surface area contributed by atoms with Crippen LogP contribution in [-0.4, -0.2) is 27.9 Å². The number of aliphatic imine (C=N–C) groups is 1. The molecule has 0 aliphatic rings. The van der Waals surface area contributed by atoms with Crippen LogP contribution in [0.15, 0.2) is 21.4 Å². The van der Waals surface area contributed by atoms with Gasteiger partial charge in [-0.05, 0) is 29.3 Å². The third-order valence-electron chi connectivity index (χ3n) is 2.18. The van der Waals surface area contributed by atoms with Gasteiger partial charge in [0.05, 0.1) is 0 Å². The first-order chi connectivity index (χ1) is 7.74. The number of aromatic nitrogens is 3. The minimum atomic E-state index is 0.726. The first-order valence-corrected chi connectivity index (χ1v) is 6.23. The van der Waals surface area contributed by atoms with Gasteiger partial charge in [0.2, 0.25) is 0 Å². The van der Waals surface area contributed by atoms with Crippen LogP contribution in [0.2, 0.25) is 0 Å². The maximum atomic E-state index is 4.33. The highest BCUT2D eigenvalue weighted by Crippen LogP contribution is 2.14. The van der Waals surface area contributed by atoms with E-state index in [0.29, 0.717) is 0 Å². The van der Waals surface area contributed by atoms with Gasteiger partial charge in [0.1, 0.15) is 12.2 Å². The van der Waals surface area contributed by atoms with Gasteiger partial charge in [-0.25, -0.2) is 0 Å². The van der Waals surface area contributed by atoms with E-state index in [0.717, 1.165) is 36.1 Å². The van der Waals surface area contributed by atoms with Crippen LogP contribution in [-0.2, 0) is 6.42 Å². The van der Waals surface area contributed by atoms with E-state index in [1.165, 1.54) is 5.57 Å². The van der Waals surface area contributed by atoms with Crippen molar-refractivity contribution in [1.29, 1.82) is 0 Å². The molecule has 0 aliphatic heterocycles. The molecule has 1 N–H and O–H groups in total. The zero-order chi connectivity index (χ0) is 11.8. The van der Waals surface area contributed by atoms with Crippen molar-refractivity contribution in [3.8, 4) is 0 Å². The molecule has 1 heterocycles. The first-order valence-electron chi connectivity index (χ1n) is 5.44. The van der Waals surface area contributed by atoms with Crippen LogP contribution in [0.25, 0.3) is 0 Å². The molecule has 0 spiro atoms. The Kier molecular flexibility index (Phi) is 6.00. The predicted octanol–water partition coefficient (Wildman–Crippen LogP) is 2.89. The number of hydrogen-bond donors (Lipinski definition) is 1. The molecular weight excluding hydrogens is 268 g/mol. The van der Waals surface area contributed by atoms with Gasteiger partial charge in [-0.15, -0.1) is 10.2 Å². The minimum absolute atomic E-state index is 0.726. The molecule has 0 aromatic carbocycles. The molecule has 1 rings (SSSR count). The fraction of sp³-hybridized carbons (Fsp3) is 0.545. The van der Waals surface area contributed by atoms with Crippen molar-refractivity contribution in [1.82, 2.24) is 15.2 Å². The molecule has 0 bridgehead atoms. The second-order valence-electron chi connectivity index (χ2n) is 3.60. The standard InChI is InChI=1S/C11H17BrN4/c1-3-4-9(2)10(12)7-13-6-5-11-14-8-15-16-11/h7-8H,3-6H2,1-2H3,(H,14,15,16)/b10-9-,13-7-. The topological polar surface area (TPSA) is 53.9 Å². The van der Waals surface area contributed by atoms with Crippen LogP contribution in [0.1, 0.15) is 32.5 Å². The molecule has 0 radical (unpaired) electrons. The van der Waals surface area contributed by atoms with Gasteiger partial charge in [-0.1, -0.05) is 18.9 Å². The lowest BCUT2D eigenvalue weighted by atomic mass is 10.2. The number of nitrogens with one attached hydrogen (secondary N) is 1. The van der Waals surface area contributed by atoms with Crippen LogP contribution in [0.5, 0.6) is 0 Å². The quantitative estimate of drug-likeness (QED) is 0.817. The van der Waals surface area contributed by atoms with E-state index in [1.54, 1.807) is 6.33 Å². The van der Waals surface area contributed by atoms with Crippen LogP contribution in [0.3, 0.4) is 0 Å². The Balaban J connectivity index is 2.34. The lowest BCUT2D eigenvalue weighted by molar-refractivity contribution is 0.876. The summed E-state index contributed by atoms with van der Waals surface area (Å²) < 4.78 is 1.09. The van der Waals surface area contributed by atoms with Gasteiger partial charge >= 0.3 is 0 Å². The summed E-state index contributed by atoms with van der Waals surface area (Å²) in [7, 11) is 0. The predicted molar refractivity (Wildman–Crippen MR) is 70.0 cm³/mol. The second-order valence-corrected chi connectivity index (χ2v) is 4.45. The molecule has 0 saturated heterocycles. The third-order valence-corrected chi connectivity index (χ3v) is 3.06. The Hall–Kier alpha value is -0.970. The minimum Gasteiger partial charge on any atom is -0.331 e. The Morgan fingerprint density at radius 3 is 3.06 bits per heavy atom. The van der Waals surface area contributed by atoms with E-state index in [1.807, 2.05) is 6.21 Å². The van der Waals surface area contributed by atoms with Crippen molar-refractivity contribution < 1.29 is 0 Å². The normalized spacial score (nSPS) is 13.2. The number of hydrogen-bond acceptors (Lipinski definition) is 3. The first kappa shape index (κ1) is 13.1. The molecule has 88 valence electrons. The van der Waals surface area contributed by atoms with Crippen molar-refractivity contribution in [2.45, 2.75) is 33.1 Å². The summed E-state index contributed by atoms with van der Waals surface area (Å²) in [6.45, 7) is 5.02. The summed E-state index contributed by atoms with van der Waals surface area (Å²) in [6.07, 6.45) is 6.52. The molecule has 0 amide bonds. The number of nitrogens with zero attached hydrogens (tertiary/aromatic N) is 3. The summed E-state index contributed by atoms with van der Waals surface area (Å²) in [5.41, 5.74) is 1.34. The van der Waals surface area contributed by atoms with Gasteiger partial charge in [0, 0.05) is 23.7 Å². The van der Waals surface area contributed by atoms with E-state index >= 15 is 0 Å². The Morgan fingerprint density at radius 1 is 1.62 bits per heavy atom. The molecule has 0 unspecified atom stereocenters. The zero-order valence-electron chi connectivity index (χ0n) is 9.70. The van der Waals surface area contributed by atoms with E-state index in [2.05, 4.69) is 50.0 Å². The Bertz CT molecular complexity index is 354. The maximum absolute atomic E-state index is 4.33. The third kappa shape index (κ3) is 4.70. The van der Waals surface area contributed by atoms with E-state index in [4.69, 9.17) is 0 Å². The van der Waals surface area contributed by atoms with Crippen LogP contribution >= 0.6 is 15.9 Å². The molecule has 1 aromatic rings. The summed E-state index contributed by atoms with van der Waals surface area (Å²) >= 11 is 3.52. The number of H-pyrrole nitrogens is 1. The van der Waals surface area contributed by atoms with Gasteiger partial charge in [0.25, 0.3) is 0 Å². The van der Waals surface area contributed by atoms with Gasteiger partial charge in [0.15, 0.2) is 0 Å². The molecule has 0 aliphatic carbocycles. The Morgan fingerprint density at radius 2 is 2.44 bits per heavy atom. The smallest absolute Gasteiger partial charge is 0.132 e. The fourth-order valence-electron chi connectivity index (χ4n) is 1.27. The summed E-state index contributed by atoms with van der Waals surface area (Å²) in [5.74, 6) is 0.877. The fourth-order valence-corrected chi connectivity index (χ4v) is 1.62. The lowest BCUT2D eigenvalue weighted by Gasteiger charge is -1.99. The SMILES string of the molecule is CCC/C(C)=C(Br)/C=N\CCc1nnc[nH]1. The van der Waals surface area contributed by atoms with Crippen molar-refractivity contribution >= 4 is 22.1 Å². The molecule has 1 aromatic heterocycles. The highest BCUT2D eigenvalue weighted by molar-refractivity contribution is 9.12. The van der Waals surface area contributed by atoms with E-state index < -0.39 is 0 Å². The number of halogens is 1. The second kappa shape index (κ2) is 7.33. The highest BCUT2D eigenvalue weighted by atomic mass is 79.9. The average Bonchev–Trinajstić information content (AvgIpc) is 2.77. The molecule has 5 heteroatoms. The molecular formula is C11H17BrN4.